The molecule has 0 saturated heterocycles. The first kappa shape index (κ1) is 100. The number of hydrogen-bond donors (Lipinski definition) is 4. The molecular formula is C84H172N4O4. The Morgan fingerprint density at radius 1 is 0.196 bits per heavy atom. The molecule has 4 amide bonds. The van der Waals surface area contributed by atoms with Gasteiger partial charge in [-0.1, -0.05) is 427 Å². The molecule has 0 rings (SSSR count). The maximum absolute atomic E-state index is 10.6. The fourth-order valence-corrected chi connectivity index (χ4v) is 12.0. The standard InChI is InChI=1S/2C22H45NO.2C18H37NO.2C2H4/c2*1-2-3-4-5-6-7-8-9-10-11-12-13-14-15-16-17-18-19-20-21-22(23)24;2*1-17(2)15-13-11-9-7-5-3-4-6-8-10-12-14-16-18(19)20;2*1-2/h2*2-21H2,1H3,(H2,23,24);2*17H,3-16H2,1-2H3,(H2,19,20);2*1-2H2. The van der Waals surface area contributed by atoms with Gasteiger partial charge in [-0.2, -0.15) is 0 Å². The molecule has 0 bridgehead atoms. The average Bonchev–Trinajstić information content (AvgIpc) is 3.53. The number of unbranched alkanes of at least 4 members (excludes halogenated alkanes) is 58. The first-order valence-electron chi connectivity index (χ1n) is 40.9. The Labute approximate surface area is 579 Å². The van der Waals surface area contributed by atoms with E-state index in [1.165, 1.54) is 385 Å². The molecule has 0 aliphatic rings. The zero-order valence-electron chi connectivity index (χ0n) is 64.0. The van der Waals surface area contributed by atoms with E-state index in [0.717, 1.165) is 37.5 Å². The minimum Gasteiger partial charge on any atom is -0.370 e. The van der Waals surface area contributed by atoms with Crippen molar-refractivity contribution in [1.82, 2.24) is 0 Å². The molecule has 0 saturated carbocycles. The van der Waals surface area contributed by atoms with Gasteiger partial charge in [0.05, 0.1) is 0 Å². The van der Waals surface area contributed by atoms with Crippen molar-refractivity contribution in [1.29, 1.82) is 0 Å². The molecule has 0 heterocycles. The molecule has 0 fully saturated rings. The second-order valence-electron chi connectivity index (χ2n) is 28.4. The summed E-state index contributed by atoms with van der Waals surface area (Å²) in [5.74, 6) is 1.14. The third-order valence-corrected chi connectivity index (χ3v) is 18.0. The summed E-state index contributed by atoms with van der Waals surface area (Å²) >= 11 is 0. The molecule has 8 nitrogen and oxygen atoms in total. The van der Waals surface area contributed by atoms with E-state index < -0.39 is 0 Å². The second kappa shape index (κ2) is 97.0. The van der Waals surface area contributed by atoms with Crippen molar-refractivity contribution < 1.29 is 19.2 Å². The average molecular weight is 1300 g/mol. The van der Waals surface area contributed by atoms with Crippen molar-refractivity contribution in [2.45, 2.75) is 478 Å². The largest absolute Gasteiger partial charge is 0.370 e. The van der Waals surface area contributed by atoms with Gasteiger partial charge in [0.15, 0.2) is 0 Å². The van der Waals surface area contributed by atoms with Crippen LogP contribution in [0.25, 0.3) is 0 Å². The van der Waals surface area contributed by atoms with E-state index >= 15 is 0 Å². The first-order valence-corrected chi connectivity index (χ1v) is 40.9. The minimum absolute atomic E-state index is 0.151. The van der Waals surface area contributed by atoms with Crippen molar-refractivity contribution in [3.63, 3.8) is 0 Å². The molecule has 0 radical (unpaired) electrons. The number of primary amides is 4. The van der Waals surface area contributed by atoms with E-state index in [1.54, 1.807) is 0 Å². The predicted octanol–water partition coefficient (Wildman–Crippen LogP) is 27.4. The van der Waals surface area contributed by atoms with Crippen molar-refractivity contribution in [3.05, 3.63) is 26.3 Å². The summed E-state index contributed by atoms with van der Waals surface area (Å²) in [6, 6.07) is 0. The second-order valence-corrected chi connectivity index (χ2v) is 28.4. The third-order valence-electron chi connectivity index (χ3n) is 18.0. The highest BCUT2D eigenvalue weighted by Crippen LogP contribution is 2.20. The number of hydrogen-bond acceptors (Lipinski definition) is 4. The van der Waals surface area contributed by atoms with Gasteiger partial charge in [0.1, 0.15) is 0 Å². The van der Waals surface area contributed by atoms with Gasteiger partial charge in [-0.3, -0.25) is 19.2 Å². The Kier molecular flexibility index (Phi) is 106. The molecule has 0 aromatic carbocycles. The van der Waals surface area contributed by atoms with Crippen LogP contribution in [0, 0.1) is 11.8 Å². The van der Waals surface area contributed by atoms with Crippen LogP contribution in [0.5, 0.6) is 0 Å². The number of nitrogens with two attached hydrogens (primary N) is 4. The van der Waals surface area contributed by atoms with Crippen LogP contribution in [0.2, 0.25) is 0 Å². The maximum Gasteiger partial charge on any atom is 0.217 e. The fourth-order valence-electron chi connectivity index (χ4n) is 12.0. The van der Waals surface area contributed by atoms with Gasteiger partial charge in [-0.25, -0.2) is 0 Å². The van der Waals surface area contributed by atoms with Crippen LogP contribution in [-0.4, -0.2) is 23.6 Å². The Morgan fingerprint density at radius 2 is 0.293 bits per heavy atom. The van der Waals surface area contributed by atoms with E-state index in [9.17, 15) is 19.2 Å². The van der Waals surface area contributed by atoms with Crippen molar-refractivity contribution in [2.24, 2.45) is 34.8 Å². The summed E-state index contributed by atoms with van der Waals surface area (Å²) in [6.07, 6.45) is 89.6. The summed E-state index contributed by atoms with van der Waals surface area (Å²) in [4.78, 5) is 42.3. The lowest BCUT2D eigenvalue weighted by molar-refractivity contribution is -0.119. The molecule has 0 unspecified atom stereocenters. The van der Waals surface area contributed by atoms with Gasteiger partial charge in [0.2, 0.25) is 23.6 Å². The maximum atomic E-state index is 10.6. The topological polar surface area (TPSA) is 172 Å². The molecule has 552 valence electrons. The minimum atomic E-state index is -0.154. The zero-order chi connectivity index (χ0) is 69.5. The van der Waals surface area contributed by atoms with Crippen molar-refractivity contribution in [2.75, 3.05) is 0 Å². The smallest absolute Gasteiger partial charge is 0.217 e. The summed E-state index contributed by atoms with van der Waals surface area (Å²) < 4.78 is 0. The molecule has 92 heavy (non-hydrogen) atoms. The van der Waals surface area contributed by atoms with Crippen LogP contribution < -0.4 is 22.9 Å². The molecule has 8 N–H and O–H groups in total. The fraction of sp³-hybridized carbons (Fsp3) is 0.905. The number of rotatable bonds is 70. The van der Waals surface area contributed by atoms with Crippen LogP contribution >= 0.6 is 0 Å². The van der Waals surface area contributed by atoms with E-state index in [-0.39, 0.29) is 23.6 Å². The summed E-state index contributed by atoms with van der Waals surface area (Å²) in [5.41, 5.74) is 20.5. The van der Waals surface area contributed by atoms with Crippen molar-refractivity contribution >= 4 is 23.6 Å². The van der Waals surface area contributed by atoms with Crippen LogP contribution in [0.1, 0.15) is 478 Å². The monoisotopic (exact) mass is 1300 g/mol. The van der Waals surface area contributed by atoms with Gasteiger partial charge in [-0.15, -0.1) is 26.3 Å². The Bertz CT molecular complexity index is 1260. The van der Waals surface area contributed by atoms with Gasteiger partial charge in [0.25, 0.3) is 0 Å². The van der Waals surface area contributed by atoms with E-state index in [4.69, 9.17) is 22.9 Å². The van der Waals surface area contributed by atoms with Crippen molar-refractivity contribution in [3.8, 4) is 0 Å². The quantitative estimate of drug-likeness (QED) is 0.0351. The lowest BCUT2D eigenvalue weighted by Gasteiger charge is -2.04. The van der Waals surface area contributed by atoms with Crippen LogP contribution in [-0.2, 0) is 19.2 Å². The highest BCUT2D eigenvalue weighted by atomic mass is 16.2. The molecule has 0 aliphatic carbocycles. The summed E-state index contributed by atoms with van der Waals surface area (Å²) in [7, 11) is 0. The van der Waals surface area contributed by atoms with Crippen LogP contribution in [0.3, 0.4) is 0 Å². The molecule has 0 aliphatic heterocycles. The number of carbonyl (C=O) groups is 4. The number of carbonyl (C=O) groups excluding carboxylic acids is 4. The van der Waals surface area contributed by atoms with Gasteiger partial charge < -0.3 is 22.9 Å². The predicted molar refractivity (Wildman–Crippen MR) is 414 cm³/mol. The molecule has 0 aromatic rings. The Hall–Kier alpha value is -2.64. The molecule has 0 atom stereocenters. The lowest BCUT2D eigenvalue weighted by Crippen LogP contribution is -2.09. The summed E-state index contributed by atoms with van der Waals surface area (Å²) in [6.45, 7) is 25.8. The third kappa shape index (κ3) is 121. The highest BCUT2D eigenvalue weighted by Gasteiger charge is 2.02. The van der Waals surface area contributed by atoms with E-state index in [1.807, 2.05) is 0 Å². The van der Waals surface area contributed by atoms with Gasteiger partial charge in [0, 0.05) is 25.7 Å². The van der Waals surface area contributed by atoms with Gasteiger partial charge >= 0.3 is 0 Å². The van der Waals surface area contributed by atoms with E-state index in [0.29, 0.717) is 25.7 Å². The van der Waals surface area contributed by atoms with Gasteiger partial charge in [-0.05, 0) is 37.5 Å². The molecular weight excluding hydrogens is 1130 g/mol. The molecule has 8 heteroatoms. The Balaban J connectivity index is -0.000000264. The summed E-state index contributed by atoms with van der Waals surface area (Å²) in [5, 5.41) is 0. The van der Waals surface area contributed by atoms with Crippen LogP contribution in [0.15, 0.2) is 26.3 Å². The lowest BCUT2D eigenvalue weighted by atomic mass is 10.0. The molecule has 0 aromatic heterocycles. The Morgan fingerprint density at radius 3 is 0.391 bits per heavy atom. The zero-order valence-corrected chi connectivity index (χ0v) is 64.0. The number of amides is 4. The SMILES string of the molecule is C=C.C=C.CC(C)CCCCCCCCCCCCCCC(N)=O.CC(C)CCCCCCCCCCCCCCC(N)=O.CCCCCCCCCCCCCCCCCCCCCC(N)=O.CCCCCCCCCCCCCCCCCCCCCC(N)=O. The molecule has 0 spiro atoms. The highest BCUT2D eigenvalue weighted by molar-refractivity contribution is 5.74. The normalized spacial score (nSPS) is 10.7. The van der Waals surface area contributed by atoms with Crippen LogP contribution in [0.4, 0.5) is 0 Å². The first-order chi connectivity index (χ1) is 44.8. The van der Waals surface area contributed by atoms with E-state index in [2.05, 4.69) is 67.9 Å².